The van der Waals surface area contributed by atoms with Crippen LogP contribution in [0.3, 0.4) is 0 Å². The molecule has 7 nitrogen and oxygen atoms in total. The second-order valence-electron chi connectivity index (χ2n) is 5.64. The highest BCUT2D eigenvalue weighted by Gasteiger charge is 2.18. The van der Waals surface area contributed by atoms with Gasteiger partial charge in [-0.05, 0) is 21.5 Å². The molecule has 0 radical (unpaired) electrons. The number of hydrogen-bond acceptors (Lipinski definition) is 5. The molecule has 2 heterocycles. The Labute approximate surface area is 153 Å². The molecule has 25 heavy (non-hydrogen) atoms. The fraction of sp³-hybridized carbons (Fsp3) is 0.235. The van der Waals surface area contributed by atoms with Gasteiger partial charge in [-0.1, -0.05) is 37.3 Å². The summed E-state index contributed by atoms with van der Waals surface area (Å²) in [7, 11) is 0. The molecule has 0 bridgehead atoms. The number of amides is 1. The topological polar surface area (TPSA) is 94.5 Å². The maximum Gasteiger partial charge on any atom is 0.407 e. The van der Waals surface area contributed by atoms with Crippen LogP contribution in [-0.2, 0) is 11.3 Å². The summed E-state index contributed by atoms with van der Waals surface area (Å²) in [4.78, 5) is 20.4. The molecule has 0 fully saturated rings. The Morgan fingerprint density at radius 3 is 2.92 bits per heavy atom. The number of nitrogen functional groups attached to an aromatic ring is 1. The van der Waals surface area contributed by atoms with Crippen LogP contribution in [0, 0.1) is 0 Å². The number of imidazole rings is 1. The first-order valence-corrected chi connectivity index (χ1v) is 8.58. The molecular formula is C17H18BrN5O2. The van der Waals surface area contributed by atoms with Crippen molar-refractivity contribution in [3.63, 3.8) is 0 Å². The van der Waals surface area contributed by atoms with E-state index in [1.807, 2.05) is 41.7 Å². The highest BCUT2D eigenvalue weighted by Crippen LogP contribution is 2.26. The Hall–Kier alpha value is -2.61. The van der Waals surface area contributed by atoms with Crippen molar-refractivity contribution >= 4 is 33.4 Å². The molecule has 1 aromatic carbocycles. The van der Waals surface area contributed by atoms with Gasteiger partial charge in [-0.15, -0.1) is 0 Å². The number of carbonyl (C=O) groups is 1. The van der Waals surface area contributed by atoms with Crippen LogP contribution in [0.15, 0.2) is 47.3 Å². The summed E-state index contributed by atoms with van der Waals surface area (Å²) in [5.41, 5.74) is 7.56. The van der Waals surface area contributed by atoms with Crippen LogP contribution in [0.4, 0.5) is 10.6 Å². The number of hydrogen-bond donors (Lipinski definition) is 2. The van der Waals surface area contributed by atoms with Crippen LogP contribution in [0.1, 0.15) is 24.2 Å². The molecule has 0 saturated heterocycles. The lowest BCUT2D eigenvalue weighted by molar-refractivity contribution is 0.139. The van der Waals surface area contributed by atoms with E-state index in [-0.39, 0.29) is 12.5 Å². The van der Waals surface area contributed by atoms with Gasteiger partial charge in [-0.25, -0.2) is 14.8 Å². The quantitative estimate of drug-likeness (QED) is 0.682. The largest absolute Gasteiger partial charge is 0.445 e. The van der Waals surface area contributed by atoms with E-state index < -0.39 is 6.09 Å². The van der Waals surface area contributed by atoms with E-state index in [9.17, 15) is 4.79 Å². The average Bonchev–Trinajstić information content (AvgIpc) is 2.97. The number of fused-ring (bicyclic) bond motifs is 1. The van der Waals surface area contributed by atoms with Gasteiger partial charge in [0.15, 0.2) is 5.82 Å². The van der Waals surface area contributed by atoms with Gasteiger partial charge >= 0.3 is 6.09 Å². The molecule has 0 saturated carbocycles. The third kappa shape index (κ3) is 3.90. The summed E-state index contributed by atoms with van der Waals surface area (Å²) in [6.07, 6.45) is 2.95. The smallest absolute Gasteiger partial charge is 0.407 e. The summed E-state index contributed by atoms with van der Waals surface area (Å²) in [5, 5.41) is 2.76. The van der Waals surface area contributed by atoms with Crippen LogP contribution in [0.5, 0.6) is 0 Å². The summed E-state index contributed by atoms with van der Waals surface area (Å²) >= 11 is 3.40. The van der Waals surface area contributed by atoms with E-state index in [1.54, 1.807) is 12.4 Å². The Morgan fingerprint density at radius 1 is 1.40 bits per heavy atom. The lowest BCUT2D eigenvalue weighted by Gasteiger charge is -2.12. The van der Waals surface area contributed by atoms with Crippen LogP contribution >= 0.6 is 15.9 Å². The number of alkyl carbamates (subject to hydrolysis) is 1. The highest BCUT2D eigenvalue weighted by molar-refractivity contribution is 9.10. The van der Waals surface area contributed by atoms with Crippen molar-refractivity contribution in [2.45, 2.75) is 19.4 Å². The Morgan fingerprint density at radius 2 is 2.16 bits per heavy atom. The third-order valence-corrected chi connectivity index (χ3v) is 4.33. The first-order chi connectivity index (χ1) is 12.1. The lowest BCUT2D eigenvalue weighted by Crippen LogP contribution is -2.28. The normalized spacial score (nSPS) is 12.1. The number of nitrogens with zero attached hydrogens (tertiary/aromatic N) is 3. The van der Waals surface area contributed by atoms with Gasteiger partial charge in [0.2, 0.25) is 0 Å². The number of halogens is 1. The minimum atomic E-state index is -0.461. The van der Waals surface area contributed by atoms with E-state index in [0.717, 1.165) is 16.9 Å². The number of nitrogens with two attached hydrogens (primary N) is 1. The Bertz CT molecular complexity index is 881. The minimum absolute atomic E-state index is 0.0372. The molecule has 0 aliphatic heterocycles. The average molecular weight is 404 g/mol. The Kier molecular flexibility index (Phi) is 5.18. The van der Waals surface area contributed by atoms with Gasteiger partial charge in [-0.3, -0.25) is 4.40 Å². The zero-order valence-corrected chi connectivity index (χ0v) is 15.2. The van der Waals surface area contributed by atoms with Crippen LogP contribution in [-0.4, -0.2) is 27.0 Å². The van der Waals surface area contributed by atoms with Crippen LogP contribution < -0.4 is 11.1 Å². The van der Waals surface area contributed by atoms with Gasteiger partial charge in [0.1, 0.15) is 22.6 Å². The number of carbonyl (C=O) groups excluding carboxylic acids is 1. The molecule has 3 rings (SSSR count). The van der Waals surface area contributed by atoms with Crippen molar-refractivity contribution in [1.82, 2.24) is 19.7 Å². The zero-order chi connectivity index (χ0) is 17.8. The molecule has 0 aliphatic carbocycles. The molecule has 1 atom stereocenters. The van der Waals surface area contributed by atoms with Crippen molar-refractivity contribution in [3.8, 4) is 0 Å². The number of ether oxygens (including phenoxy) is 1. The van der Waals surface area contributed by atoms with E-state index in [2.05, 4.69) is 31.2 Å². The number of nitrogens with one attached hydrogen (secondary N) is 1. The lowest BCUT2D eigenvalue weighted by atomic mass is 10.1. The van der Waals surface area contributed by atoms with E-state index in [0.29, 0.717) is 17.0 Å². The number of aromatic nitrogens is 3. The molecule has 3 aromatic rings. The summed E-state index contributed by atoms with van der Waals surface area (Å²) in [6.45, 7) is 2.60. The van der Waals surface area contributed by atoms with E-state index in [4.69, 9.17) is 10.5 Å². The van der Waals surface area contributed by atoms with E-state index in [1.165, 1.54) is 0 Å². The van der Waals surface area contributed by atoms with Gasteiger partial charge in [0.25, 0.3) is 0 Å². The second kappa shape index (κ2) is 7.52. The molecule has 0 spiro atoms. The van der Waals surface area contributed by atoms with Crippen molar-refractivity contribution in [2.75, 3.05) is 12.3 Å². The van der Waals surface area contributed by atoms with Crippen molar-refractivity contribution in [1.29, 1.82) is 0 Å². The van der Waals surface area contributed by atoms with Crippen molar-refractivity contribution in [2.24, 2.45) is 0 Å². The first-order valence-electron chi connectivity index (χ1n) is 7.78. The first kappa shape index (κ1) is 17.2. The monoisotopic (exact) mass is 403 g/mol. The second-order valence-corrected chi connectivity index (χ2v) is 6.39. The summed E-state index contributed by atoms with van der Waals surface area (Å²) in [6, 6.07) is 9.53. The fourth-order valence-corrected chi connectivity index (χ4v) is 3.07. The number of anilines is 1. The molecule has 2 aromatic heterocycles. The van der Waals surface area contributed by atoms with Gasteiger partial charge in [-0.2, -0.15) is 0 Å². The van der Waals surface area contributed by atoms with Crippen LogP contribution in [0.25, 0.3) is 5.52 Å². The predicted octanol–water partition coefficient (Wildman–Crippen LogP) is 3.10. The summed E-state index contributed by atoms with van der Waals surface area (Å²) < 4.78 is 7.71. The van der Waals surface area contributed by atoms with Crippen LogP contribution in [0.2, 0.25) is 0 Å². The zero-order valence-electron chi connectivity index (χ0n) is 13.6. The standard InChI is InChI=1S/C17H18BrN5O2/c1-11(9-21-17(24)25-10-12-5-3-2-4-6-12)16-22-14(18)13-15(19)20-7-8-23(13)16/h2-8,11H,9-10H2,1H3,(H2,19,20)(H,21,24)/t11-/m1/s1. The maximum atomic E-state index is 11.9. The molecular weight excluding hydrogens is 386 g/mol. The third-order valence-electron chi connectivity index (χ3n) is 3.77. The van der Waals surface area contributed by atoms with E-state index >= 15 is 0 Å². The van der Waals surface area contributed by atoms with Crippen molar-refractivity contribution in [3.05, 3.63) is 58.7 Å². The molecule has 8 heteroatoms. The SMILES string of the molecule is C[C@H](CNC(=O)OCc1ccccc1)c1nc(Br)c2c(N)nccn12. The maximum absolute atomic E-state index is 11.9. The molecule has 130 valence electrons. The molecule has 3 N–H and O–H groups in total. The minimum Gasteiger partial charge on any atom is -0.445 e. The molecule has 0 aliphatic rings. The number of rotatable bonds is 5. The Balaban J connectivity index is 1.60. The van der Waals surface area contributed by atoms with Gasteiger partial charge < -0.3 is 15.8 Å². The molecule has 1 amide bonds. The predicted molar refractivity (Wildman–Crippen MR) is 98.1 cm³/mol. The van der Waals surface area contributed by atoms with Gasteiger partial charge in [0, 0.05) is 24.9 Å². The fourth-order valence-electron chi connectivity index (χ4n) is 2.49. The van der Waals surface area contributed by atoms with Gasteiger partial charge in [0.05, 0.1) is 0 Å². The highest BCUT2D eigenvalue weighted by atomic mass is 79.9. The summed E-state index contributed by atoms with van der Waals surface area (Å²) in [5.74, 6) is 1.14. The molecule has 0 unspecified atom stereocenters. The van der Waals surface area contributed by atoms with Crippen molar-refractivity contribution < 1.29 is 9.53 Å². The number of benzene rings is 1.